The van der Waals surface area contributed by atoms with Crippen molar-refractivity contribution in [2.24, 2.45) is 0 Å². The number of rotatable bonds is 3. The molecule has 0 aliphatic carbocycles. The van der Waals surface area contributed by atoms with Crippen molar-refractivity contribution in [1.82, 2.24) is 9.78 Å². The summed E-state index contributed by atoms with van der Waals surface area (Å²) >= 11 is 12.2. The number of aromatic nitrogens is 2. The zero-order valence-electron chi connectivity index (χ0n) is 14.9. The molecule has 2 heterocycles. The number of amides is 2. The number of halogens is 2. The first kappa shape index (κ1) is 18.5. The highest BCUT2D eigenvalue weighted by Gasteiger charge is 2.34. The molecule has 0 unspecified atom stereocenters. The summed E-state index contributed by atoms with van der Waals surface area (Å²) in [4.78, 5) is 25.1. The lowest BCUT2D eigenvalue weighted by molar-refractivity contribution is -0.125. The summed E-state index contributed by atoms with van der Waals surface area (Å²) in [7, 11) is 0. The molecule has 1 aromatic heterocycles. The van der Waals surface area contributed by atoms with Crippen molar-refractivity contribution in [2.45, 2.75) is 19.4 Å². The van der Waals surface area contributed by atoms with Crippen LogP contribution in [0.15, 0.2) is 48.5 Å². The summed E-state index contributed by atoms with van der Waals surface area (Å²) in [6.07, 6.45) is -0.0145. The Balaban J connectivity index is 1.72. The molecule has 1 aliphatic rings. The Hall–Kier alpha value is -2.83. The first-order valence-electron chi connectivity index (χ1n) is 8.64. The van der Waals surface area contributed by atoms with Gasteiger partial charge < -0.3 is 10.6 Å². The molecule has 3 aromatic rings. The smallest absolute Gasteiger partial charge is 0.249 e. The van der Waals surface area contributed by atoms with E-state index in [-0.39, 0.29) is 18.2 Å². The zero-order chi connectivity index (χ0) is 19.8. The van der Waals surface area contributed by atoms with E-state index in [2.05, 4.69) is 15.7 Å². The maximum absolute atomic E-state index is 12.9. The van der Waals surface area contributed by atoms with E-state index in [1.165, 1.54) is 0 Å². The van der Waals surface area contributed by atoms with E-state index >= 15 is 0 Å². The molecule has 0 fully saturated rings. The van der Waals surface area contributed by atoms with Crippen LogP contribution >= 0.6 is 23.2 Å². The van der Waals surface area contributed by atoms with Gasteiger partial charge in [0.1, 0.15) is 11.9 Å². The Labute approximate surface area is 171 Å². The highest BCUT2D eigenvalue weighted by molar-refractivity contribution is 6.33. The molecule has 0 spiro atoms. The van der Waals surface area contributed by atoms with Crippen molar-refractivity contribution >= 4 is 46.5 Å². The third-order valence-electron chi connectivity index (χ3n) is 4.61. The van der Waals surface area contributed by atoms with Crippen molar-refractivity contribution in [3.63, 3.8) is 0 Å². The number of hydrogen-bond donors (Lipinski definition) is 2. The number of para-hydroxylation sites is 1. The number of anilines is 2. The van der Waals surface area contributed by atoms with Crippen molar-refractivity contribution in [3.8, 4) is 11.3 Å². The predicted molar refractivity (Wildman–Crippen MR) is 110 cm³/mol. The second-order valence-corrected chi connectivity index (χ2v) is 7.36. The number of nitrogens with zero attached hydrogens (tertiary/aromatic N) is 2. The Morgan fingerprint density at radius 1 is 1.21 bits per heavy atom. The van der Waals surface area contributed by atoms with Crippen LogP contribution in [0.3, 0.4) is 0 Å². The molecule has 28 heavy (non-hydrogen) atoms. The monoisotopic (exact) mass is 414 g/mol. The summed E-state index contributed by atoms with van der Waals surface area (Å²) < 4.78 is 1.55. The summed E-state index contributed by atoms with van der Waals surface area (Å²) in [6, 6.07) is 13.4. The minimum Gasteiger partial charge on any atom is -0.323 e. The van der Waals surface area contributed by atoms with E-state index in [0.29, 0.717) is 27.2 Å². The van der Waals surface area contributed by atoms with Gasteiger partial charge in [-0.1, -0.05) is 47.5 Å². The quantitative estimate of drug-likeness (QED) is 0.652. The second kappa shape index (κ2) is 7.30. The van der Waals surface area contributed by atoms with Crippen molar-refractivity contribution in [1.29, 1.82) is 0 Å². The van der Waals surface area contributed by atoms with Gasteiger partial charge in [0.25, 0.3) is 0 Å². The molecule has 0 bridgehead atoms. The van der Waals surface area contributed by atoms with Crippen molar-refractivity contribution < 1.29 is 9.59 Å². The third kappa shape index (κ3) is 3.37. The Morgan fingerprint density at radius 3 is 2.75 bits per heavy atom. The van der Waals surface area contributed by atoms with Crippen molar-refractivity contribution in [2.75, 3.05) is 10.6 Å². The summed E-state index contributed by atoms with van der Waals surface area (Å²) in [5.74, 6) is -0.0951. The van der Waals surface area contributed by atoms with E-state index in [9.17, 15) is 9.59 Å². The normalized spacial score (nSPS) is 15.7. The molecule has 2 amide bonds. The van der Waals surface area contributed by atoms with E-state index in [4.69, 9.17) is 23.2 Å². The summed E-state index contributed by atoms with van der Waals surface area (Å²) in [5, 5.41) is 11.2. The maximum atomic E-state index is 12.9. The SMILES string of the molecule is Cc1c(-c2cccc(Cl)c2)nn2c1NC(=O)C[C@H]2C(=O)Nc1ccccc1Cl. The molecule has 6 nitrogen and oxygen atoms in total. The van der Waals surface area contributed by atoms with E-state index < -0.39 is 6.04 Å². The summed E-state index contributed by atoms with van der Waals surface area (Å²) in [5.41, 5.74) is 2.73. The Bertz CT molecular complexity index is 1090. The van der Waals surface area contributed by atoms with E-state index in [1.807, 2.05) is 19.1 Å². The fourth-order valence-corrected chi connectivity index (χ4v) is 3.60. The van der Waals surface area contributed by atoms with Gasteiger partial charge in [0.05, 0.1) is 22.8 Å². The Kier molecular flexibility index (Phi) is 4.83. The van der Waals surface area contributed by atoms with Crippen LogP contribution in [0.5, 0.6) is 0 Å². The van der Waals surface area contributed by atoms with Crippen LogP contribution in [-0.2, 0) is 9.59 Å². The van der Waals surface area contributed by atoms with Crippen LogP contribution in [0.25, 0.3) is 11.3 Å². The molecule has 1 atom stereocenters. The number of carbonyl (C=O) groups is 2. The van der Waals surface area contributed by atoms with Crippen LogP contribution in [0.2, 0.25) is 10.0 Å². The first-order chi connectivity index (χ1) is 13.4. The molecular weight excluding hydrogens is 399 g/mol. The minimum atomic E-state index is -0.786. The number of benzene rings is 2. The number of fused-ring (bicyclic) bond motifs is 1. The topological polar surface area (TPSA) is 76.0 Å². The highest BCUT2D eigenvalue weighted by atomic mass is 35.5. The minimum absolute atomic E-state index is 0.0145. The van der Waals surface area contributed by atoms with Gasteiger partial charge in [-0.3, -0.25) is 9.59 Å². The molecule has 2 aromatic carbocycles. The lowest BCUT2D eigenvalue weighted by Crippen LogP contribution is -2.36. The Morgan fingerprint density at radius 2 is 2.00 bits per heavy atom. The fraction of sp³-hybridized carbons (Fsp3) is 0.150. The number of carbonyl (C=O) groups excluding carboxylic acids is 2. The zero-order valence-corrected chi connectivity index (χ0v) is 16.4. The standard InChI is InChI=1S/C20H16Cl2N4O2/c1-11-18(12-5-4-6-13(21)9-12)25-26-16(10-17(27)24-19(11)26)20(28)23-15-8-3-2-7-14(15)22/h2-9,16H,10H2,1H3,(H,23,28)(H,24,27)/t16-/m0/s1. The van der Waals surface area contributed by atoms with Gasteiger partial charge in [0.15, 0.2) is 0 Å². The first-order valence-corrected chi connectivity index (χ1v) is 9.40. The second-order valence-electron chi connectivity index (χ2n) is 6.51. The molecule has 8 heteroatoms. The molecule has 0 saturated carbocycles. The molecular formula is C20H16Cl2N4O2. The van der Waals surface area contributed by atoms with Gasteiger partial charge in [0, 0.05) is 16.1 Å². The van der Waals surface area contributed by atoms with E-state index in [1.54, 1.807) is 41.1 Å². The van der Waals surface area contributed by atoms with E-state index in [0.717, 1.165) is 11.1 Å². The average Bonchev–Trinajstić information content (AvgIpc) is 2.99. The molecule has 0 radical (unpaired) electrons. The molecule has 0 saturated heterocycles. The van der Waals surface area contributed by atoms with Crippen LogP contribution < -0.4 is 10.6 Å². The highest BCUT2D eigenvalue weighted by Crippen LogP contribution is 2.35. The number of nitrogens with one attached hydrogen (secondary N) is 2. The lowest BCUT2D eigenvalue weighted by Gasteiger charge is -2.24. The van der Waals surface area contributed by atoms with Gasteiger partial charge in [-0.15, -0.1) is 0 Å². The van der Waals surface area contributed by atoms with Gasteiger partial charge in [-0.05, 0) is 31.2 Å². The van der Waals surface area contributed by atoms with Crippen LogP contribution in [0.4, 0.5) is 11.5 Å². The third-order valence-corrected chi connectivity index (χ3v) is 5.18. The van der Waals surface area contributed by atoms with Gasteiger partial charge in [0.2, 0.25) is 11.8 Å². The van der Waals surface area contributed by atoms with Crippen LogP contribution in [0.1, 0.15) is 18.0 Å². The predicted octanol–water partition coefficient (Wildman–Crippen LogP) is 4.69. The molecule has 142 valence electrons. The van der Waals surface area contributed by atoms with Gasteiger partial charge in [-0.2, -0.15) is 5.10 Å². The van der Waals surface area contributed by atoms with Gasteiger partial charge in [-0.25, -0.2) is 4.68 Å². The molecule has 2 N–H and O–H groups in total. The fourth-order valence-electron chi connectivity index (χ4n) is 3.23. The van der Waals surface area contributed by atoms with Crippen LogP contribution in [0, 0.1) is 6.92 Å². The lowest BCUT2D eigenvalue weighted by atomic mass is 10.1. The molecule has 1 aliphatic heterocycles. The number of hydrogen-bond acceptors (Lipinski definition) is 3. The van der Waals surface area contributed by atoms with Crippen LogP contribution in [-0.4, -0.2) is 21.6 Å². The van der Waals surface area contributed by atoms with Gasteiger partial charge >= 0.3 is 0 Å². The summed E-state index contributed by atoms with van der Waals surface area (Å²) in [6.45, 7) is 1.85. The average molecular weight is 415 g/mol. The largest absolute Gasteiger partial charge is 0.323 e. The van der Waals surface area contributed by atoms with Crippen molar-refractivity contribution in [3.05, 3.63) is 64.1 Å². The maximum Gasteiger partial charge on any atom is 0.249 e. The molecule has 4 rings (SSSR count).